The first-order valence-electron chi connectivity index (χ1n) is 5.62. The van der Waals surface area contributed by atoms with Gasteiger partial charge in [0.1, 0.15) is 6.67 Å². The number of rotatable bonds is 4. The summed E-state index contributed by atoms with van der Waals surface area (Å²) in [5.41, 5.74) is 0.776. The fourth-order valence-corrected chi connectivity index (χ4v) is 3.40. The van der Waals surface area contributed by atoms with Gasteiger partial charge in [-0.05, 0) is 37.0 Å². The molecule has 2 heteroatoms. The Morgan fingerprint density at radius 1 is 1.27 bits per heavy atom. The van der Waals surface area contributed by atoms with Crippen molar-refractivity contribution in [1.82, 2.24) is 0 Å². The van der Waals surface area contributed by atoms with E-state index < -0.39 is 0 Å². The molecule has 1 aromatic carbocycles. The van der Waals surface area contributed by atoms with Gasteiger partial charge in [-0.15, -0.1) is 11.8 Å². The molecule has 15 heavy (non-hydrogen) atoms. The second-order valence-corrected chi connectivity index (χ2v) is 5.81. The lowest BCUT2D eigenvalue weighted by molar-refractivity contribution is 0.353. The zero-order valence-corrected chi connectivity index (χ0v) is 9.95. The fourth-order valence-electron chi connectivity index (χ4n) is 2.00. The molecule has 0 aromatic heterocycles. The van der Waals surface area contributed by atoms with Gasteiger partial charge in [-0.3, -0.25) is 0 Å². The topological polar surface area (TPSA) is 0 Å². The summed E-state index contributed by atoms with van der Waals surface area (Å²) < 4.78 is 12.8. The van der Waals surface area contributed by atoms with E-state index in [1.807, 2.05) is 23.9 Å². The number of halogens is 1. The van der Waals surface area contributed by atoms with E-state index in [9.17, 15) is 4.39 Å². The molecule has 0 N–H and O–H groups in total. The number of hydrogen-bond acceptors (Lipinski definition) is 1. The van der Waals surface area contributed by atoms with Crippen LogP contribution in [0.5, 0.6) is 0 Å². The Bertz CT molecular complexity index is 308. The van der Waals surface area contributed by atoms with Crippen LogP contribution in [0.1, 0.15) is 38.2 Å². The van der Waals surface area contributed by atoms with Crippen LogP contribution in [0.25, 0.3) is 0 Å². The summed E-state index contributed by atoms with van der Waals surface area (Å²) in [4.78, 5) is 1.29. The highest BCUT2D eigenvalue weighted by Gasteiger charge is 2.35. The number of hydrogen-bond donors (Lipinski definition) is 0. The van der Waals surface area contributed by atoms with Crippen molar-refractivity contribution in [1.29, 1.82) is 0 Å². The van der Waals surface area contributed by atoms with Crippen LogP contribution < -0.4 is 0 Å². The molecule has 2 rings (SSSR count). The van der Waals surface area contributed by atoms with E-state index in [1.165, 1.54) is 30.6 Å². The van der Waals surface area contributed by atoms with Gasteiger partial charge in [-0.1, -0.05) is 25.5 Å². The molecule has 82 valence electrons. The van der Waals surface area contributed by atoms with Crippen molar-refractivity contribution in [2.45, 2.75) is 48.9 Å². The maximum absolute atomic E-state index is 12.3. The van der Waals surface area contributed by atoms with Crippen LogP contribution in [0, 0.1) is 0 Å². The summed E-state index contributed by atoms with van der Waals surface area (Å²) in [6.07, 6.45) is 5.27. The van der Waals surface area contributed by atoms with E-state index in [0.717, 1.165) is 5.56 Å². The number of thioether (sulfide) groups is 1. The third-order valence-electron chi connectivity index (χ3n) is 3.32. The maximum atomic E-state index is 12.3. The molecule has 1 aromatic rings. The molecule has 0 aliphatic heterocycles. The molecule has 0 spiro atoms. The van der Waals surface area contributed by atoms with Gasteiger partial charge in [-0.25, -0.2) is 4.39 Å². The average molecular weight is 224 g/mol. The van der Waals surface area contributed by atoms with E-state index in [1.54, 1.807) is 0 Å². The molecule has 0 atom stereocenters. The molecule has 0 bridgehead atoms. The second kappa shape index (κ2) is 4.56. The van der Waals surface area contributed by atoms with Crippen LogP contribution in [-0.4, -0.2) is 4.75 Å². The van der Waals surface area contributed by atoms with Gasteiger partial charge in [0.25, 0.3) is 0 Å². The number of benzene rings is 1. The summed E-state index contributed by atoms with van der Waals surface area (Å²) in [7, 11) is 0. The fraction of sp³-hybridized carbons (Fsp3) is 0.538. The van der Waals surface area contributed by atoms with Gasteiger partial charge in [0.2, 0.25) is 0 Å². The predicted octanol–water partition coefficient (Wildman–Crippen LogP) is 4.58. The molecular weight excluding hydrogens is 207 g/mol. The first-order valence-corrected chi connectivity index (χ1v) is 6.43. The average Bonchev–Trinajstić information content (AvgIpc) is 2.24. The van der Waals surface area contributed by atoms with Crippen molar-refractivity contribution in [2.24, 2.45) is 0 Å². The zero-order chi connectivity index (χ0) is 10.7. The Kier molecular flexibility index (Phi) is 3.35. The highest BCUT2D eigenvalue weighted by molar-refractivity contribution is 8.00. The Morgan fingerprint density at radius 3 is 2.33 bits per heavy atom. The van der Waals surface area contributed by atoms with Crippen molar-refractivity contribution < 1.29 is 4.39 Å². The smallest absolute Gasteiger partial charge is 0.115 e. The Hall–Kier alpha value is -0.500. The van der Waals surface area contributed by atoms with Gasteiger partial charge in [0.05, 0.1) is 0 Å². The minimum atomic E-state index is -0.357. The lowest BCUT2D eigenvalue weighted by Gasteiger charge is -2.40. The molecule has 1 aliphatic carbocycles. The van der Waals surface area contributed by atoms with E-state index in [2.05, 4.69) is 19.1 Å². The van der Waals surface area contributed by atoms with E-state index in [0.29, 0.717) is 4.75 Å². The lowest BCUT2D eigenvalue weighted by atomic mass is 9.82. The molecule has 0 saturated heterocycles. The highest BCUT2D eigenvalue weighted by atomic mass is 32.2. The summed E-state index contributed by atoms with van der Waals surface area (Å²) >= 11 is 1.97. The van der Waals surface area contributed by atoms with Gasteiger partial charge in [0.15, 0.2) is 0 Å². The van der Waals surface area contributed by atoms with Gasteiger partial charge >= 0.3 is 0 Å². The minimum Gasteiger partial charge on any atom is -0.246 e. The van der Waals surface area contributed by atoms with Crippen molar-refractivity contribution in [3.05, 3.63) is 29.8 Å². The molecule has 0 unspecified atom stereocenters. The van der Waals surface area contributed by atoms with Crippen molar-refractivity contribution in [2.75, 3.05) is 0 Å². The monoisotopic (exact) mass is 224 g/mol. The van der Waals surface area contributed by atoms with Crippen LogP contribution in [0.3, 0.4) is 0 Å². The normalized spacial score (nSPS) is 18.5. The van der Waals surface area contributed by atoms with Gasteiger partial charge in [-0.2, -0.15) is 0 Å². The standard InChI is InChI=1S/C13H17FS/c1-2-13(8-3-9-13)15-12-6-4-11(10-14)5-7-12/h4-7H,2-3,8-10H2,1H3. The molecule has 1 saturated carbocycles. The molecule has 1 aliphatic rings. The summed E-state index contributed by atoms with van der Waals surface area (Å²) in [5, 5.41) is 0. The Labute approximate surface area is 95.3 Å². The predicted molar refractivity (Wildman–Crippen MR) is 64.0 cm³/mol. The van der Waals surface area contributed by atoms with E-state index in [-0.39, 0.29) is 6.67 Å². The second-order valence-electron chi connectivity index (χ2n) is 4.27. The summed E-state index contributed by atoms with van der Waals surface area (Å²) in [5.74, 6) is 0. The van der Waals surface area contributed by atoms with Crippen molar-refractivity contribution in [3.63, 3.8) is 0 Å². The molecule has 0 heterocycles. The van der Waals surface area contributed by atoms with E-state index in [4.69, 9.17) is 0 Å². The van der Waals surface area contributed by atoms with Crippen LogP contribution in [0.15, 0.2) is 29.2 Å². The highest BCUT2D eigenvalue weighted by Crippen LogP contribution is 2.49. The summed E-state index contributed by atoms with van der Waals surface area (Å²) in [6.45, 7) is 1.91. The molecule has 0 amide bonds. The quantitative estimate of drug-likeness (QED) is 0.721. The first kappa shape index (κ1) is 11.0. The largest absolute Gasteiger partial charge is 0.246 e. The Morgan fingerprint density at radius 2 is 1.93 bits per heavy atom. The van der Waals surface area contributed by atoms with Crippen molar-refractivity contribution in [3.8, 4) is 0 Å². The van der Waals surface area contributed by atoms with Crippen LogP contribution in [0.4, 0.5) is 4.39 Å². The minimum absolute atomic E-state index is 0.357. The molecule has 0 radical (unpaired) electrons. The molecular formula is C13H17FS. The molecule has 0 nitrogen and oxygen atoms in total. The van der Waals surface area contributed by atoms with Crippen LogP contribution in [-0.2, 0) is 6.67 Å². The lowest BCUT2D eigenvalue weighted by Crippen LogP contribution is -2.32. The third kappa shape index (κ3) is 2.36. The number of alkyl halides is 1. The first-order chi connectivity index (χ1) is 7.28. The summed E-state index contributed by atoms with van der Waals surface area (Å²) in [6, 6.07) is 7.89. The van der Waals surface area contributed by atoms with Crippen LogP contribution >= 0.6 is 11.8 Å². The van der Waals surface area contributed by atoms with Gasteiger partial charge in [0, 0.05) is 9.64 Å². The Balaban J connectivity index is 2.03. The third-order valence-corrected chi connectivity index (χ3v) is 4.96. The zero-order valence-electron chi connectivity index (χ0n) is 9.13. The molecule has 1 fully saturated rings. The van der Waals surface area contributed by atoms with Crippen molar-refractivity contribution >= 4 is 11.8 Å². The van der Waals surface area contributed by atoms with E-state index >= 15 is 0 Å². The maximum Gasteiger partial charge on any atom is 0.115 e. The van der Waals surface area contributed by atoms with Crippen LogP contribution in [0.2, 0.25) is 0 Å². The SMILES string of the molecule is CCC1(Sc2ccc(CF)cc2)CCC1. The van der Waals surface area contributed by atoms with Gasteiger partial charge < -0.3 is 0 Å².